The van der Waals surface area contributed by atoms with E-state index in [-0.39, 0.29) is 18.6 Å². The van der Waals surface area contributed by atoms with Crippen molar-refractivity contribution in [3.63, 3.8) is 0 Å². The van der Waals surface area contributed by atoms with Gasteiger partial charge in [0.25, 0.3) is 0 Å². The van der Waals surface area contributed by atoms with Gasteiger partial charge in [0.2, 0.25) is 5.91 Å². The predicted octanol–water partition coefficient (Wildman–Crippen LogP) is 2.39. The van der Waals surface area contributed by atoms with E-state index in [0.717, 1.165) is 0 Å². The van der Waals surface area contributed by atoms with Gasteiger partial charge in [-0.25, -0.2) is 4.79 Å². The molecule has 0 rings (SSSR count). The summed E-state index contributed by atoms with van der Waals surface area (Å²) in [7, 11) is 0. The monoisotopic (exact) mass is 261 g/mol. The molecule has 0 bridgehead atoms. The molecule has 5 nitrogen and oxygen atoms in total. The smallest absolute Gasteiger partial charge is 0.326 e. The number of ketones is 1. The van der Waals surface area contributed by atoms with Gasteiger partial charge in [-0.3, -0.25) is 9.59 Å². The van der Waals surface area contributed by atoms with E-state index < -0.39 is 17.9 Å². The second kappa shape index (κ2) is 15.6. The molecule has 0 aliphatic rings. The standard InChI is InChI=1S/C9H15NO4.2C2H6/c1-3-7(12)4-5-8(9(13)14)10-6(2)11;2*1-2/h8H,3-5H2,1-2H3,(H,10,11)(H,13,14);2*1-2H3/t8-;;/m0../s1. The molecule has 0 aromatic carbocycles. The van der Waals surface area contributed by atoms with E-state index in [2.05, 4.69) is 5.32 Å². The van der Waals surface area contributed by atoms with Crippen LogP contribution < -0.4 is 5.32 Å². The Hall–Kier alpha value is -1.39. The molecule has 0 aliphatic heterocycles. The lowest BCUT2D eigenvalue weighted by atomic mass is 10.1. The number of carboxylic acid groups (broad SMARTS) is 1. The van der Waals surface area contributed by atoms with Crippen LogP contribution in [0.25, 0.3) is 0 Å². The van der Waals surface area contributed by atoms with Gasteiger partial charge in [-0.1, -0.05) is 34.6 Å². The minimum atomic E-state index is -1.11. The molecule has 0 saturated carbocycles. The average Bonchev–Trinajstić information content (AvgIpc) is 2.38. The summed E-state index contributed by atoms with van der Waals surface area (Å²) in [6.45, 7) is 11.0. The first kappa shape index (κ1) is 21.9. The highest BCUT2D eigenvalue weighted by molar-refractivity contribution is 5.83. The normalized spacial score (nSPS) is 9.89. The first-order valence-corrected chi connectivity index (χ1v) is 6.49. The van der Waals surface area contributed by atoms with E-state index in [1.807, 2.05) is 27.7 Å². The third-order valence-corrected chi connectivity index (χ3v) is 1.78. The molecular formula is C13H27NO4. The fourth-order valence-electron chi connectivity index (χ4n) is 0.985. The van der Waals surface area contributed by atoms with Gasteiger partial charge in [0.15, 0.2) is 0 Å². The van der Waals surface area contributed by atoms with Crippen LogP contribution in [-0.4, -0.2) is 28.8 Å². The quantitative estimate of drug-likeness (QED) is 0.769. The Labute approximate surface area is 110 Å². The molecule has 0 aliphatic carbocycles. The minimum Gasteiger partial charge on any atom is -0.480 e. The van der Waals surface area contributed by atoms with E-state index in [0.29, 0.717) is 6.42 Å². The lowest BCUT2D eigenvalue weighted by Crippen LogP contribution is -2.39. The van der Waals surface area contributed by atoms with Crippen LogP contribution in [0.4, 0.5) is 0 Å². The van der Waals surface area contributed by atoms with E-state index in [1.54, 1.807) is 6.92 Å². The number of nitrogens with one attached hydrogen (secondary N) is 1. The maximum absolute atomic E-state index is 10.9. The molecule has 0 aromatic rings. The van der Waals surface area contributed by atoms with Gasteiger partial charge in [0.1, 0.15) is 11.8 Å². The Morgan fingerprint density at radius 2 is 1.56 bits per heavy atom. The van der Waals surface area contributed by atoms with Crippen LogP contribution in [0.3, 0.4) is 0 Å². The molecule has 2 N–H and O–H groups in total. The molecule has 1 atom stereocenters. The maximum Gasteiger partial charge on any atom is 0.326 e. The Bertz CT molecular complexity index is 239. The molecule has 0 aromatic heterocycles. The fraction of sp³-hybridized carbons (Fsp3) is 0.769. The fourth-order valence-corrected chi connectivity index (χ4v) is 0.985. The van der Waals surface area contributed by atoms with Crippen molar-refractivity contribution in [1.82, 2.24) is 5.32 Å². The lowest BCUT2D eigenvalue weighted by Gasteiger charge is -2.11. The molecule has 108 valence electrons. The minimum absolute atomic E-state index is 0.00148. The second-order valence-corrected chi connectivity index (χ2v) is 3.02. The largest absolute Gasteiger partial charge is 0.480 e. The van der Waals surface area contributed by atoms with Crippen LogP contribution in [0, 0.1) is 0 Å². The van der Waals surface area contributed by atoms with Crippen LogP contribution in [0.15, 0.2) is 0 Å². The summed E-state index contributed by atoms with van der Waals surface area (Å²) < 4.78 is 0. The Morgan fingerprint density at radius 1 is 1.11 bits per heavy atom. The lowest BCUT2D eigenvalue weighted by molar-refractivity contribution is -0.141. The van der Waals surface area contributed by atoms with Crippen molar-refractivity contribution in [2.24, 2.45) is 0 Å². The van der Waals surface area contributed by atoms with Gasteiger partial charge in [0.05, 0.1) is 0 Å². The van der Waals surface area contributed by atoms with Crippen LogP contribution >= 0.6 is 0 Å². The number of hydrogen-bond acceptors (Lipinski definition) is 3. The number of carbonyl (C=O) groups excluding carboxylic acids is 2. The number of aliphatic carboxylic acids is 1. The van der Waals surface area contributed by atoms with Crippen molar-refractivity contribution in [3.05, 3.63) is 0 Å². The molecule has 0 radical (unpaired) electrons. The Morgan fingerprint density at radius 3 is 1.83 bits per heavy atom. The molecule has 0 unspecified atom stereocenters. The highest BCUT2D eigenvalue weighted by Gasteiger charge is 2.18. The number of rotatable bonds is 6. The zero-order valence-corrected chi connectivity index (χ0v) is 12.4. The van der Waals surface area contributed by atoms with Crippen LogP contribution in [0.2, 0.25) is 0 Å². The van der Waals surface area contributed by atoms with E-state index >= 15 is 0 Å². The zero-order valence-electron chi connectivity index (χ0n) is 12.4. The second-order valence-electron chi connectivity index (χ2n) is 3.02. The van der Waals surface area contributed by atoms with Crippen molar-refractivity contribution in [2.75, 3.05) is 0 Å². The van der Waals surface area contributed by atoms with Crippen LogP contribution in [-0.2, 0) is 14.4 Å². The summed E-state index contributed by atoms with van der Waals surface area (Å²) >= 11 is 0. The summed E-state index contributed by atoms with van der Waals surface area (Å²) in [6, 6.07) is -0.956. The highest BCUT2D eigenvalue weighted by atomic mass is 16.4. The topological polar surface area (TPSA) is 83.5 Å². The number of carbonyl (C=O) groups is 3. The summed E-state index contributed by atoms with van der Waals surface area (Å²) in [5.41, 5.74) is 0. The molecule has 5 heteroatoms. The zero-order chi connectivity index (χ0) is 15.1. The van der Waals surface area contributed by atoms with Crippen molar-refractivity contribution < 1.29 is 19.5 Å². The van der Waals surface area contributed by atoms with E-state index in [4.69, 9.17) is 5.11 Å². The number of amides is 1. The number of carboxylic acids is 1. The molecule has 18 heavy (non-hydrogen) atoms. The predicted molar refractivity (Wildman–Crippen MR) is 72.5 cm³/mol. The van der Waals surface area contributed by atoms with E-state index in [1.165, 1.54) is 6.92 Å². The third kappa shape index (κ3) is 14.6. The third-order valence-electron chi connectivity index (χ3n) is 1.78. The first-order chi connectivity index (χ1) is 8.47. The van der Waals surface area contributed by atoms with Crippen molar-refractivity contribution in [3.8, 4) is 0 Å². The van der Waals surface area contributed by atoms with Crippen molar-refractivity contribution in [2.45, 2.75) is 66.8 Å². The van der Waals surface area contributed by atoms with Gasteiger partial charge >= 0.3 is 5.97 Å². The van der Waals surface area contributed by atoms with E-state index in [9.17, 15) is 14.4 Å². The number of hydrogen-bond donors (Lipinski definition) is 2. The van der Waals surface area contributed by atoms with Gasteiger partial charge in [-0.2, -0.15) is 0 Å². The molecular weight excluding hydrogens is 234 g/mol. The van der Waals surface area contributed by atoms with Crippen molar-refractivity contribution in [1.29, 1.82) is 0 Å². The van der Waals surface area contributed by atoms with Gasteiger partial charge in [-0.15, -0.1) is 0 Å². The molecule has 0 saturated heterocycles. The highest BCUT2D eigenvalue weighted by Crippen LogP contribution is 2.00. The summed E-state index contributed by atoms with van der Waals surface area (Å²) in [5, 5.41) is 10.9. The number of Topliss-reactive ketones (excluding diaryl/α,β-unsaturated/α-hetero) is 1. The SMILES string of the molecule is CC.CC.CCC(=O)CC[C@H](NC(C)=O)C(=O)O. The molecule has 1 amide bonds. The Kier molecular flexibility index (Phi) is 18.9. The average molecular weight is 261 g/mol. The van der Waals surface area contributed by atoms with Crippen LogP contribution in [0.5, 0.6) is 0 Å². The van der Waals surface area contributed by atoms with Crippen LogP contribution in [0.1, 0.15) is 60.8 Å². The summed E-state index contributed by atoms with van der Waals surface area (Å²) in [4.78, 5) is 32.1. The van der Waals surface area contributed by atoms with Gasteiger partial charge in [0, 0.05) is 19.8 Å². The van der Waals surface area contributed by atoms with Crippen molar-refractivity contribution >= 4 is 17.7 Å². The molecule has 0 fully saturated rings. The van der Waals surface area contributed by atoms with Gasteiger partial charge in [-0.05, 0) is 6.42 Å². The maximum atomic E-state index is 10.9. The van der Waals surface area contributed by atoms with Gasteiger partial charge < -0.3 is 10.4 Å². The Balaban J connectivity index is -0.000000506. The molecule has 0 spiro atoms. The summed E-state index contributed by atoms with van der Waals surface area (Å²) in [6.07, 6.45) is 0.738. The first-order valence-electron chi connectivity index (χ1n) is 6.49. The molecule has 0 heterocycles. The summed E-state index contributed by atoms with van der Waals surface area (Å²) in [5.74, 6) is -1.51.